The molecule has 2 nitrogen and oxygen atoms in total. The fourth-order valence-electron chi connectivity index (χ4n) is 2.36. The Balaban J connectivity index is 2.24. The molecule has 0 saturated carbocycles. The molecule has 21 heavy (non-hydrogen) atoms. The Morgan fingerprint density at radius 2 is 1.86 bits per heavy atom. The number of rotatable bonds is 6. The maximum absolute atomic E-state index is 6.46. The van der Waals surface area contributed by atoms with Gasteiger partial charge in [0.15, 0.2) is 0 Å². The Hall–Kier alpha value is -1.51. The van der Waals surface area contributed by atoms with E-state index in [9.17, 15) is 0 Å². The van der Waals surface area contributed by atoms with Crippen molar-refractivity contribution in [2.24, 2.45) is 0 Å². The molecule has 0 heterocycles. The van der Waals surface area contributed by atoms with Crippen LogP contribution in [0, 0.1) is 6.92 Å². The molecule has 0 radical (unpaired) electrons. The molecule has 3 heteroatoms. The topological polar surface area (TPSA) is 21.3 Å². The maximum atomic E-state index is 6.46. The van der Waals surface area contributed by atoms with Crippen LogP contribution in [-0.2, 0) is 6.54 Å². The van der Waals surface area contributed by atoms with Crippen molar-refractivity contribution in [3.63, 3.8) is 0 Å². The van der Waals surface area contributed by atoms with Crippen LogP contribution in [-0.4, -0.2) is 13.7 Å². The van der Waals surface area contributed by atoms with Gasteiger partial charge in [0, 0.05) is 17.1 Å². The van der Waals surface area contributed by atoms with E-state index >= 15 is 0 Å². The van der Waals surface area contributed by atoms with E-state index in [0.717, 1.165) is 47.0 Å². The number of nitrogens with one attached hydrogen (secondary N) is 1. The van der Waals surface area contributed by atoms with Gasteiger partial charge in [0.2, 0.25) is 0 Å². The van der Waals surface area contributed by atoms with Crippen LogP contribution < -0.4 is 10.1 Å². The van der Waals surface area contributed by atoms with Crippen molar-refractivity contribution in [2.75, 3.05) is 13.7 Å². The van der Waals surface area contributed by atoms with E-state index < -0.39 is 0 Å². The minimum atomic E-state index is 0.791. The molecule has 1 N–H and O–H groups in total. The second kappa shape index (κ2) is 7.48. The zero-order valence-corrected chi connectivity index (χ0v) is 13.6. The molecular weight excluding hydrogens is 282 g/mol. The zero-order chi connectivity index (χ0) is 15.2. The molecule has 0 atom stereocenters. The number of halogens is 1. The highest BCUT2D eigenvalue weighted by Gasteiger charge is 2.08. The number of aryl methyl sites for hydroxylation is 1. The Labute approximate surface area is 132 Å². The van der Waals surface area contributed by atoms with Crippen molar-refractivity contribution in [3.05, 3.63) is 52.5 Å². The maximum Gasteiger partial charge on any atom is 0.119 e. The predicted octanol–water partition coefficient (Wildman–Crippen LogP) is 4.82. The number of methoxy groups -OCH3 is 1. The first-order chi connectivity index (χ1) is 10.2. The summed E-state index contributed by atoms with van der Waals surface area (Å²) < 4.78 is 5.25. The third kappa shape index (κ3) is 3.99. The SMILES string of the molecule is CCCNCc1ccc(-c2ccc(OC)cc2C)c(Cl)c1. The molecule has 0 bridgehead atoms. The molecule has 2 aromatic carbocycles. The Morgan fingerprint density at radius 3 is 2.48 bits per heavy atom. The molecule has 0 fully saturated rings. The molecule has 0 aromatic heterocycles. The minimum absolute atomic E-state index is 0.791. The molecule has 0 amide bonds. The molecule has 0 aliphatic heterocycles. The molecule has 0 spiro atoms. The summed E-state index contributed by atoms with van der Waals surface area (Å²) in [6.45, 7) is 6.12. The lowest BCUT2D eigenvalue weighted by Gasteiger charge is -2.12. The molecule has 112 valence electrons. The number of ether oxygens (including phenoxy) is 1. The van der Waals surface area contributed by atoms with Crippen LogP contribution in [0.1, 0.15) is 24.5 Å². The first kappa shape index (κ1) is 15.9. The van der Waals surface area contributed by atoms with Gasteiger partial charge in [-0.15, -0.1) is 0 Å². The Bertz CT molecular complexity index is 610. The summed E-state index contributed by atoms with van der Waals surface area (Å²) >= 11 is 6.46. The van der Waals surface area contributed by atoms with E-state index in [1.54, 1.807) is 7.11 Å². The van der Waals surface area contributed by atoms with Gasteiger partial charge in [0.25, 0.3) is 0 Å². The first-order valence-electron chi connectivity index (χ1n) is 7.30. The Morgan fingerprint density at radius 1 is 1.10 bits per heavy atom. The van der Waals surface area contributed by atoms with Crippen LogP contribution in [0.2, 0.25) is 5.02 Å². The van der Waals surface area contributed by atoms with Gasteiger partial charge in [-0.2, -0.15) is 0 Å². The van der Waals surface area contributed by atoms with Gasteiger partial charge in [-0.25, -0.2) is 0 Å². The molecule has 0 aliphatic carbocycles. The Kier molecular flexibility index (Phi) is 5.66. The van der Waals surface area contributed by atoms with Gasteiger partial charge in [0.1, 0.15) is 5.75 Å². The average molecular weight is 304 g/mol. The molecule has 0 saturated heterocycles. The lowest BCUT2D eigenvalue weighted by molar-refractivity contribution is 0.414. The molecule has 0 unspecified atom stereocenters. The van der Waals surface area contributed by atoms with E-state index in [0.29, 0.717) is 0 Å². The summed E-state index contributed by atoms with van der Waals surface area (Å²) in [6, 6.07) is 12.3. The standard InChI is InChI=1S/C18H22ClNO/c1-4-9-20-12-14-5-7-17(18(19)11-14)16-8-6-15(21-3)10-13(16)2/h5-8,10-11,20H,4,9,12H2,1-3H3. The molecule has 0 aliphatic rings. The highest BCUT2D eigenvalue weighted by Crippen LogP contribution is 2.32. The van der Waals surface area contributed by atoms with Gasteiger partial charge in [-0.05, 0) is 54.8 Å². The highest BCUT2D eigenvalue weighted by molar-refractivity contribution is 6.33. The van der Waals surface area contributed by atoms with Crippen LogP contribution in [0.25, 0.3) is 11.1 Å². The van der Waals surface area contributed by atoms with E-state index in [2.05, 4.69) is 37.4 Å². The summed E-state index contributed by atoms with van der Waals surface area (Å²) in [5, 5.41) is 4.18. The summed E-state index contributed by atoms with van der Waals surface area (Å²) in [5.41, 5.74) is 4.58. The monoisotopic (exact) mass is 303 g/mol. The van der Waals surface area contributed by atoms with Gasteiger partial charge < -0.3 is 10.1 Å². The van der Waals surface area contributed by atoms with Crippen molar-refractivity contribution in [2.45, 2.75) is 26.8 Å². The van der Waals surface area contributed by atoms with E-state index in [1.165, 1.54) is 5.56 Å². The predicted molar refractivity (Wildman–Crippen MR) is 90.2 cm³/mol. The lowest BCUT2D eigenvalue weighted by Crippen LogP contribution is -2.13. The van der Waals surface area contributed by atoms with Crippen LogP contribution in [0.3, 0.4) is 0 Å². The van der Waals surface area contributed by atoms with Crippen LogP contribution in [0.5, 0.6) is 5.75 Å². The number of hydrogen-bond donors (Lipinski definition) is 1. The zero-order valence-electron chi connectivity index (χ0n) is 12.9. The highest BCUT2D eigenvalue weighted by atomic mass is 35.5. The molecule has 2 rings (SSSR count). The van der Waals surface area contributed by atoms with Crippen LogP contribution in [0.15, 0.2) is 36.4 Å². The van der Waals surface area contributed by atoms with Crippen molar-refractivity contribution in [1.29, 1.82) is 0 Å². The van der Waals surface area contributed by atoms with Gasteiger partial charge in [0.05, 0.1) is 7.11 Å². The van der Waals surface area contributed by atoms with Crippen molar-refractivity contribution < 1.29 is 4.74 Å². The van der Waals surface area contributed by atoms with Crippen LogP contribution in [0.4, 0.5) is 0 Å². The van der Waals surface area contributed by atoms with Gasteiger partial charge >= 0.3 is 0 Å². The van der Waals surface area contributed by atoms with Gasteiger partial charge in [-0.3, -0.25) is 0 Å². The van der Waals surface area contributed by atoms with E-state index in [-0.39, 0.29) is 0 Å². The minimum Gasteiger partial charge on any atom is -0.497 e. The summed E-state index contributed by atoms with van der Waals surface area (Å²) in [5.74, 6) is 0.868. The molecular formula is C18H22ClNO. The number of hydrogen-bond acceptors (Lipinski definition) is 2. The normalized spacial score (nSPS) is 10.7. The average Bonchev–Trinajstić information content (AvgIpc) is 2.48. The lowest BCUT2D eigenvalue weighted by atomic mass is 9.99. The van der Waals surface area contributed by atoms with Crippen molar-refractivity contribution in [1.82, 2.24) is 5.32 Å². The quantitative estimate of drug-likeness (QED) is 0.772. The number of benzene rings is 2. The van der Waals surface area contributed by atoms with E-state index in [1.807, 2.05) is 18.2 Å². The van der Waals surface area contributed by atoms with Crippen molar-refractivity contribution in [3.8, 4) is 16.9 Å². The van der Waals surface area contributed by atoms with Crippen LogP contribution >= 0.6 is 11.6 Å². The second-order valence-corrected chi connectivity index (χ2v) is 5.58. The third-order valence-corrected chi connectivity index (χ3v) is 3.83. The third-order valence-electron chi connectivity index (χ3n) is 3.51. The van der Waals surface area contributed by atoms with Crippen molar-refractivity contribution >= 4 is 11.6 Å². The smallest absolute Gasteiger partial charge is 0.119 e. The van der Waals surface area contributed by atoms with E-state index in [4.69, 9.17) is 16.3 Å². The first-order valence-corrected chi connectivity index (χ1v) is 7.67. The largest absolute Gasteiger partial charge is 0.497 e. The molecule has 2 aromatic rings. The second-order valence-electron chi connectivity index (χ2n) is 5.17. The van der Waals surface area contributed by atoms with Gasteiger partial charge in [-0.1, -0.05) is 36.7 Å². The summed E-state index contributed by atoms with van der Waals surface area (Å²) in [7, 11) is 1.68. The fourth-order valence-corrected chi connectivity index (χ4v) is 2.67. The fraction of sp³-hybridized carbons (Fsp3) is 0.333. The summed E-state index contributed by atoms with van der Waals surface area (Å²) in [6.07, 6.45) is 1.14. The summed E-state index contributed by atoms with van der Waals surface area (Å²) in [4.78, 5) is 0.